The first kappa shape index (κ1) is 21.1. The van der Waals surface area contributed by atoms with Gasteiger partial charge < -0.3 is 10.3 Å². The van der Waals surface area contributed by atoms with Crippen molar-refractivity contribution in [3.63, 3.8) is 0 Å². The average Bonchev–Trinajstić information content (AvgIpc) is 2.69. The molecule has 0 aliphatic rings. The Morgan fingerprint density at radius 2 is 2.00 bits per heavy atom. The Morgan fingerprint density at radius 3 is 2.69 bits per heavy atom. The Morgan fingerprint density at radius 1 is 1.24 bits per heavy atom. The summed E-state index contributed by atoms with van der Waals surface area (Å²) in [6.45, 7) is 1.74. The number of benzene rings is 2. The zero-order chi connectivity index (χ0) is 20.8. The minimum atomic E-state index is -0.610. The van der Waals surface area contributed by atoms with Gasteiger partial charge in [-0.3, -0.25) is 9.59 Å². The van der Waals surface area contributed by atoms with Crippen molar-refractivity contribution in [2.75, 3.05) is 5.32 Å². The van der Waals surface area contributed by atoms with Crippen LogP contribution in [0.1, 0.15) is 23.2 Å². The molecule has 8 heteroatoms. The second kappa shape index (κ2) is 9.71. The largest absolute Gasteiger partial charge is 0.324 e. The van der Waals surface area contributed by atoms with Crippen molar-refractivity contribution in [1.29, 1.82) is 0 Å². The first-order valence-electron chi connectivity index (χ1n) is 8.94. The lowest BCUT2D eigenvalue weighted by Crippen LogP contribution is -2.20. The summed E-state index contributed by atoms with van der Waals surface area (Å²) in [5.74, 6) is -0.314. The van der Waals surface area contributed by atoms with Gasteiger partial charge in [-0.2, -0.15) is 0 Å². The number of rotatable bonds is 7. The third-order valence-corrected chi connectivity index (χ3v) is 5.41. The van der Waals surface area contributed by atoms with Crippen LogP contribution in [0.5, 0.6) is 0 Å². The average molecular weight is 432 g/mol. The molecular formula is C21H19ClFN3O2S. The van der Waals surface area contributed by atoms with Crippen molar-refractivity contribution in [2.45, 2.75) is 30.7 Å². The summed E-state index contributed by atoms with van der Waals surface area (Å²) < 4.78 is 13.8. The van der Waals surface area contributed by atoms with Gasteiger partial charge in [0, 0.05) is 28.5 Å². The number of halogens is 2. The topological polar surface area (TPSA) is 74.8 Å². The predicted octanol–water partition coefficient (Wildman–Crippen LogP) is 4.73. The Kier molecular flexibility index (Phi) is 7.06. The molecule has 0 aliphatic carbocycles. The number of thioether (sulfide) groups is 1. The molecule has 29 heavy (non-hydrogen) atoms. The summed E-state index contributed by atoms with van der Waals surface area (Å²) in [4.78, 5) is 31.7. The molecule has 2 N–H and O–H groups in total. The summed E-state index contributed by atoms with van der Waals surface area (Å²) in [5, 5.41) is 3.27. The lowest BCUT2D eigenvalue weighted by atomic mass is 10.1. The number of H-pyrrole nitrogens is 1. The summed E-state index contributed by atoms with van der Waals surface area (Å²) in [6.07, 6.45) is 0.239. The Balaban J connectivity index is 1.60. The standard InChI is InChI=1S/C21H19ClFN3O2S/c1-13-16(8-10-19(27)25-18-9-7-15(22)11-17(18)23)20(28)26-21(24-13)29-12-14-5-3-2-4-6-14/h2-7,9,11H,8,10,12H2,1H3,(H,25,27)(H,24,26,28). The summed E-state index contributed by atoms with van der Waals surface area (Å²) >= 11 is 7.14. The van der Waals surface area contributed by atoms with Crippen molar-refractivity contribution in [3.8, 4) is 0 Å². The quantitative estimate of drug-likeness (QED) is 0.418. The first-order chi connectivity index (χ1) is 13.9. The maximum atomic E-state index is 13.8. The molecule has 0 aliphatic heterocycles. The number of nitrogens with zero attached hydrogens (tertiary/aromatic N) is 1. The van der Waals surface area contributed by atoms with Crippen LogP contribution in [-0.2, 0) is 17.0 Å². The Labute approximate surface area is 176 Å². The third kappa shape index (κ3) is 5.92. The number of anilines is 1. The second-order valence-corrected chi connectivity index (χ2v) is 7.78. The van der Waals surface area contributed by atoms with Crippen LogP contribution in [-0.4, -0.2) is 15.9 Å². The summed E-state index contributed by atoms with van der Waals surface area (Å²) in [6, 6.07) is 13.9. The highest BCUT2D eigenvalue weighted by Crippen LogP contribution is 2.20. The van der Waals surface area contributed by atoms with E-state index in [0.717, 1.165) is 11.6 Å². The number of hydrogen-bond acceptors (Lipinski definition) is 4. The molecule has 0 atom stereocenters. The van der Waals surface area contributed by atoms with E-state index in [4.69, 9.17) is 11.6 Å². The molecule has 0 spiro atoms. The van der Waals surface area contributed by atoms with E-state index < -0.39 is 11.7 Å². The van der Waals surface area contributed by atoms with Gasteiger partial charge in [-0.15, -0.1) is 0 Å². The van der Waals surface area contributed by atoms with Gasteiger partial charge in [0.2, 0.25) is 5.91 Å². The number of aromatic nitrogens is 2. The van der Waals surface area contributed by atoms with Crippen LogP contribution in [0.3, 0.4) is 0 Å². The normalized spacial score (nSPS) is 10.7. The number of aryl methyl sites for hydroxylation is 1. The number of hydrogen-bond donors (Lipinski definition) is 2. The molecule has 1 heterocycles. The molecule has 1 amide bonds. The Hall–Kier alpha value is -2.64. The fourth-order valence-corrected chi connectivity index (χ4v) is 3.74. The molecular weight excluding hydrogens is 413 g/mol. The first-order valence-corrected chi connectivity index (χ1v) is 10.3. The molecule has 0 unspecified atom stereocenters. The Bertz CT molecular complexity index is 1070. The van der Waals surface area contributed by atoms with Crippen molar-refractivity contribution >= 4 is 35.0 Å². The van der Waals surface area contributed by atoms with E-state index in [2.05, 4.69) is 15.3 Å². The zero-order valence-corrected chi connectivity index (χ0v) is 17.2. The van der Waals surface area contributed by atoms with E-state index in [1.54, 1.807) is 6.92 Å². The molecule has 0 bridgehead atoms. The van der Waals surface area contributed by atoms with E-state index in [1.165, 1.54) is 23.9 Å². The highest BCUT2D eigenvalue weighted by molar-refractivity contribution is 7.98. The van der Waals surface area contributed by atoms with Crippen LogP contribution in [0.2, 0.25) is 5.02 Å². The lowest BCUT2D eigenvalue weighted by Gasteiger charge is -2.09. The zero-order valence-electron chi connectivity index (χ0n) is 15.7. The SMILES string of the molecule is Cc1nc(SCc2ccccc2)[nH]c(=O)c1CCC(=O)Nc1ccc(Cl)cc1F. The third-order valence-electron chi connectivity index (χ3n) is 4.23. The van der Waals surface area contributed by atoms with E-state index in [1.807, 2.05) is 30.3 Å². The highest BCUT2D eigenvalue weighted by atomic mass is 35.5. The molecule has 3 rings (SSSR count). The van der Waals surface area contributed by atoms with Gasteiger partial charge in [-0.1, -0.05) is 53.7 Å². The molecule has 3 aromatic rings. The van der Waals surface area contributed by atoms with E-state index in [0.29, 0.717) is 22.2 Å². The maximum absolute atomic E-state index is 13.8. The van der Waals surface area contributed by atoms with Gasteiger partial charge in [0.1, 0.15) is 5.82 Å². The number of carbonyl (C=O) groups is 1. The molecule has 2 aromatic carbocycles. The van der Waals surface area contributed by atoms with Gasteiger partial charge in [-0.25, -0.2) is 9.37 Å². The molecule has 150 valence electrons. The smallest absolute Gasteiger partial charge is 0.254 e. The molecule has 5 nitrogen and oxygen atoms in total. The van der Waals surface area contributed by atoms with Crippen LogP contribution < -0.4 is 10.9 Å². The van der Waals surface area contributed by atoms with Crippen molar-refractivity contribution in [1.82, 2.24) is 9.97 Å². The molecule has 1 aromatic heterocycles. The van der Waals surface area contributed by atoms with Gasteiger partial charge >= 0.3 is 0 Å². The van der Waals surface area contributed by atoms with Gasteiger partial charge in [0.15, 0.2) is 5.16 Å². The number of amides is 1. The van der Waals surface area contributed by atoms with Crippen LogP contribution in [0.25, 0.3) is 0 Å². The molecule has 0 saturated heterocycles. The fraction of sp³-hybridized carbons (Fsp3) is 0.190. The van der Waals surface area contributed by atoms with Gasteiger partial charge in [-0.05, 0) is 37.1 Å². The van der Waals surface area contributed by atoms with Gasteiger partial charge in [0.05, 0.1) is 5.69 Å². The minimum Gasteiger partial charge on any atom is -0.324 e. The van der Waals surface area contributed by atoms with Crippen molar-refractivity contribution < 1.29 is 9.18 Å². The van der Waals surface area contributed by atoms with Crippen LogP contribution in [0.4, 0.5) is 10.1 Å². The summed E-state index contributed by atoms with van der Waals surface area (Å²) in [5.41, 5.74) is 1.94. The van der Waals surface area contributed by atoms with E-state index in [-0.39, 0.29) is 29.1 Å². The van der Waals surface area contributed by atoms with Crippen LogP contribution >= 0.6 is 23.4 Å². The van der Waals surface area contributed by atoms with Crippen LogP contribution in [0, 0.1) is 12.7 Å². The van der Waals surface area contributed by atoms with Crippen molar-refractivity contribution in [3.05, 3.63) is 86.5 Å². The van der Waals surface area contributed by atoms with Gasteiger partial charge in [0.25, 0.3) is 5.56 Å². The fourth-order valence-electron chi connectivity index (χ4n) is 2.72. The molecule has 0 saturated carbocycles. The van der Waals surface area contributed by atoms with E-state index in [9.17, 15) is 14.0 Å². The van der Waals surface area contributed by atoms with Crippen molar-refractivity contribution in [2.24, 2.45) is 0 Å². The minimum absolute atomic E-state index is 0.0319. The molecule has 0 radical (unpaired) electrons. The molecule has 0 fully saturated rings. The monoisotopic (exact) mass is 431 g/mol. The summed E-state index contributed by atoms with van der Waals surface area (Å²) in [7, 11) is 0. The number of nitrogens with one attached hydrogen (secondary N) is 2. The predicted molar refractivity (Wildman–Crippen MR) is 114 cm³/mol. The van der Waals surface area contributed by atoms with E-state index >= 15 is 0 Å². The highest BCUT2D eigenvalue weighted by Gasteiger charge is 2.13. The second-order valence-electron chi connectivity index (χ2n) is 6.38. The number of aromatic amines is 1. The maximum Gasteiger partial charge on any atom is 0.254 e. The number of carbonyl (C=O) groups excluding carboxylic acids is 1. The van der Waals surface area contributed by atoms with Crippen LogP contribution in [0.15, 0.2) is 58.5 Å². The lowest BCUT2D eigenvalue weighted by molar-refractivity contribution is -0.116.